The highest BCUT2D eigenvalue weighted by Crippen LogP contribution is 2.19. The third-order valence-electron chi connectivity index (χ3n) is 3.43. The minimum absolute atomic E-state index is 0. The molecule has 24 heavy (non-hydrogen) atoms. The van der Waals surface area contributed by atoms with E-state index >= 15 is 0 Å². The Kier molecular flexibility index (Phi) is 10.6. The maximum absolute atomic E-state index is 11.8. The van der Waals surface area contributed by atoms with Gasteiger partial charge in [-0.3, -0.25) is 9.59 Å². The number of carbonyl (C=O) groups is 2. The Morgan fingerprint density at radius 1 is 1.29 bits per heavy atom. The molecule has 8 heteroatoms. The van der Waals surface area contributed by atoms with Crippen molar-refractivity contribution in [1.82, 2.24) is 10.6 Å². The number of carbonyl (C=O) groups excluding carboxylic acids is 2. The second kappa shape index (κ2) is 11.3. The van der Waals surface area contributed by atoms with Gasteiger partial charge in [0.15, 0.2) is 0 Å². The van der Waals surface area contributed by atoms with E-state index in [9.17, 15) is 9.59 Å². The third kappa shape index (κ3) is 7.49. The molecule has 4 N–H and O–H groups in total. The predicted molar refractivity (Wildman–Crippen MR) is 97.3 cm³/mol. The molecule has 0 saturated heterocycles. The van der Waals surface area contributed by atoms with Gasteiger partial charge in [0, 0.05) is 18.7 Å². The van der Waals surface area contributed by atoms with Crippen LogP contribution in [0.4, 0.5) is 0 Å². The number of nitrogens with one attached hydrogen (secondary N) is 2. The monoisotopic (exact) mass is 377 g/mol. The van der Waals surface area contributed by atoms with E-state index in [0.29, 0.717) is 5.02 Å². The van der Waals surface area contributed by atoms with Crippen LogP contribution in [-0.4, -0.2) is 38.1 Å². The number of amides is 2. The van der Waals surface area contributed by atoms with Crippen LogP contribution >= 0.6 is 24.0 Å². The Balaban J connectivity index is 0.00000529. The molecular weight excluding hydrogens is 353 g/mol. The molecule has 0 radical (unpaired) electrons. The summed E-state index contributed by atoms with van der Waals surface area (Å²) in [4.78, 5) is 23.5. The Bertz CT molecular complexity index is 541. The fraction of sp³-hybridized carbons (Fsp3) is 0.500. The molecule has 0 aliphatic rings. The van der Waals surface area contributed by atoms with Gasteiger partial charge in [0.2, 0.25) is 11.8 Å². The first kappa shape index (κ1) is 22.7. The lowest BCUT2D eigenvalue weighted by atomic mass is 10.1. The molecule has 1 rings (SSSR count). The van der Waals surface area contributed by atoms with Crippen molar-refractivity contribution < 1.29 is 14.3 Å². The van der Waals surface area contributed by atoms with Gasteiger partial charge in [-0.2, -0.15) is 0 Å². The molecule has 2 amide bonds. The highest BCUT2D eigenvalue weighted by atomic mass is 35.5. The van der Waals surface area contributed by atoms with Crippen LogP contribution in [-0.2, 0) is 14.3 Å². The number of halogens is 2. The maximum Gasteiger partial charge on any atom is 0.239 e. The smallest absolute Gasteiger partial charge is 0.239 e. The lowest BCUT2D eigenvalue weighted by Crippen LogP contribution is -2.47. The van der Waals surface area contributed by atoms with Crippen LogP contribution in [0, 0.1) is 5.92 Å². The summed E-state index contributed by atoms with van der Waals surface area (Å²) in [6.45, 7) is 3.85. The van der Waals surface area contributed by atoms with Crippen LogP contribution in [0.25, 0.3) is 0 Å². The van der Waals surface area contributed by atoms with Crippen LogP contribution in [0.5, 0.6) is 0 Å². The zero-order chi connectivity index (χ0) is 17.4. The first-order valence-corrected chi connectivity index (χ1v) is 7.81. The van der Waals surface area contributed by atoms with Crippen LogP contribution in [0.1, 0.15) is 25.5 Å². The number of rotatable bonds is 8. The summed E-state index contributed by atoms with van der Waals surface area (Å²) < 4.78 is 5.36. The van der Waals surface area contributed by atoms with Gasteiger partial charge >= 0.3 is 0 Å². The number of ether oxygens (including phenoxy) is 1. The van der Waals surface area contributed by atoms with Crippen molar-refractivity contribution in [2.75, 3.05) is 20.2 Å². The lowest BCUT2D eigenvalue weighted by Gasteiger charge is -2.18. The molecule has 136 valence electrons. The molecule has 0 aromatic heterocycles. The summed E-state index contributed by atoms with van der Waals surface area (Å²) in [5.74, 6) is -0.634. The van der Waals surface area contributed by atoms with Gasteiger partial charge in [-0.15, -0.1) is 12.4 Å². The van der Waals surface area contributed by atoms with Crippen molar-refractivity contribution in [2.45, 2.75) is 26.0 Å². The van der Waals surface area contributed by atoms with Gasteiger partial charge in [0.05, 0.1) is 18.7 Å². The number of hydrogen-bond acceptors (Lipinski definition) is 4. The summed E-state index contributed by atoms with van der Waals surface area (Å²) in [7, 11) is 1.56. The Morgan fingerprint density at radius 3 is 2.50 bits per heavy atom. The second-order valence-corrected chi connectivity index (χ2v) is 6.01. The van der Waals surface area contributed by atoms with Gasteiger partial charge in [-0.25, -0.2) is 0 Å². The molecule has 0 heterocycles. The number of hydrogen-bond donors (Lipinski definition) is 3. The SMILES string of the molecule is COC(CNC(=O)CNC(=O)[C@@H](N)C(C)C)c1cccc(Cl)c1.Cl. The van der Waals surface area contributed by atoms with Crippen molar-refractivity contribution in [2.24, 2.45) is 11.7 Å². The minimum atomic E-state index is -0.624. The van der Waals surface area contributed by atoms with Crippen molar-refractivity contribution in [3.63, 3.8) is 0 Å². The summed E-state index contributed by atoms with van der Waals surface area (Å²) in [6.07, 6.45) is -0.314. The van der Waals surface area contributed by atoms with Crippen LogP contribution in [0.3, 0.4) is 0 Å². The summed E-state index contributed by atoms with van der Waals surface area (Å²) in [5.41, 5.74) is 6.57. The van der Waals surface area contributed by atoms with E-state index in [4.69, 9.17) is 22.1 Å². The quantitative estimate of drug-likeness (QED) is 0.642. The highest BCUT2D eigenvalue weighted by molar-refractivity contribution is 6.30. The van der Waals surface area contributed by atoms with Crippen molar-refractivity contribution >= 4 is 35.8 Å². The molecule has 1 unspecified atom stereocenters. The molecule has 1 aromatic rings. The first-order valence-electron chi connectivity index (χ1n) is 7.43. The molecule has 6 nitrogen and oxygen atoms in total. The standard InChI is InChI=1S/C16H24ClN3O3.ClH/c1-10(2)15(18)16(22)20-9-14(21)19-8-13(23-3)11-5-4-6-12(17)7-11;/h4-7,10,13,15H,8-9,18H2,1-3H3,(H,19,21)(H,20,22);1H/t13?,15-;/m0./s1. The molecule has 1 aromatic carbocycles. The normalized spacial score (nSPS) is 12.9. The number of benzene rings is 1. The molecule has 0 aliphatic carbocycles. The summed E-state index contributed by atoms with van der Waals surface area (Å²) in [6, 6.07) is 6.62. The Morgan fingerprint density at radius 2 is 1.96 bits per heavy atom. The van der Waals surface area contributed by atoms with Crippen LogP contribution in [0.15, 0.2) is 24.3 Å². The minimum Gasteiger partial charge on any atom is -0.375 e. The topological polar surface area (TPSA) is 93.5 Å². The Hall–Kier alpha value is -1.34. The van der Waals surface area contributed by atoms with E-state index in [1.807, 2.05) is 26.0 Å². The van der Waals surface area contributed by atoms with Gasteiger partial charge < -0.3 is 21.1 Å². The summed E-state index contributed by atoms with van der Waals surface area (Å²) >= 11 is 5.95. The molecule has 0 spiro atoms. The Labute approximate surface area is 153 Å². The van der Waals surface area contributed by atoms with E-state index in [1.54, 1.807) is 19.2 Å². The lowest BCUT2D eigenvalue weighted by molar-refractivity contribution is -0.127. The first-order chi connectivity index (χ1) is 10.8. The number of nitrogens with two attached hydrogens (primary N) is 1. The van der Waals surface area contributed by atoms with Crippen molar-refractivity contribution in [1.29, 1.82) is 0 Å². The van der Waals surface area contributed by atoms with E-state index in [2.05, 4.69) is 10.6 Å². The van der Waals surface area contributed by atoms with Crippen LogP contribution in [0.2, 0.25) is 5.02 Å². The molecule has 0 fully saturated rings. The zero-order valence-corrected chi connectivity index (χ0v) is 15.6. The van der Waals surface area contributed by atoms with E-state index in [0.717, 1.165) is 5.56 Å². The largest absolute Gasteiger partial charge is 0.375 e. The fourth-order valence-corrected chi connectivity index (χ4v) is 2.10. The molecule has 0 aliphatic heterocycles. The third-order valence-corrected chi connectivity index (χ3v) is 3.67. The zero-order valence-electron chi connectivity index (χ0n) is 14.0. The van der Waals surface area contributed by atoms with Crippen molar-refractivity contribution in [3.8, 4) is 0 Å². The maximum atomic E-state index is 11.8. The fourth-order valence-electron chi connectivity index (χ4n) is 1.90. The van der Waals surface area contributed by atoms with E-state index in [1.165, 1.54) is 0 Å². The predicted octanol–water partition coefficient (Wildman–Crippen LogP) is 1.67. The number of methoxy groups -OCH3 is 1. The van der Waals surface area contributed by atoms with E-state index in [-0.39, 0.29) is 49.3 Å². The summed E-state index contributed by atoms with van der Waals surface area (Å²) in [5, 5.41) is 5.83. The van der Waals surface area contributed by atoms with Gasteiger partial charge in [0.1, 0.15) is 0 Å². The molecule has 2 atom stereocenters. The van der Waals surface area contributed by atoms with Crippen LogP contribution < -0.4 is 16.4 Å². The molecule has 0 saturated carbocycles. The average molecular weight is 378 g/mol. The highest BCUT2D eigenvalue weighted by Gasteiger charge is 2.18. The van der Waals surface area contributed by atoms with Crippen molar-refractivity contribution in [3.05, 3.63) is 34.9 Å². The second-order valence-electron chi connectivity index (χ2n) is 5.57. The average Bonchev–Trinajstić information content (AvgIpc) is 2.52. The van der Waals surface area contributed by atoms with Gasteiger partial charge in [0.25, 0.3) is 0 Å². The van der Waals surface area contributed by atoms with E-state index < -0.39 is 6.04 Å². The molecule has 0 bridgehead atoms. The van der Waals surface area contributed by atoms with Gasteiger partial charge in [-0.1, -0.05) is 37.6 Å². The molecular formula is C16H25Cl2N3O3. The van der Waals surface area contributed by atoms with Gasteiger partial charge in [-0.05, 0) is 23.6 Å².